The quantitative estimate of drug-likeness (QED) is 0.612. The number of likely N-dealkylation sites (N-methyl/N-ethyl adjacent to an activating group) is 2. The van der Waals surface area contributed by atoms with Gasteiger partial charge in [-0.2, -0.15) is 0 Å². The number of carbonyl (C=O) groups is 1. The summed E-state index contributed by atoms with van der Waals surface area (Å²) in [5.41, 5.74) is 0. The molecule has 0 aromatic heterocycles. The molecule has 1 amide bonds. The number of nitrogens with zero attached hydrogens (tertiary/aromatic N) is 2. The monoisotopic (exact) mass is 172 g/mol. The summed E-state index contributed by atoms with van der Waals surface area (Å²) in [5.74, 6) is 0.185. The summed E-state index contributed by atoms with van der Waals surface area (Å²) in [7, 11) is 3.59. The van der Waals surface area contributed by atoms with Gasteiger partial charge in [-0.05, 0) is 19.5 Å². The lowest BCUT2D eigenvalue weighted by Gasteiger charge is -2.20. The summed E-state index contributed by atoms with van der Waals surface area (Å²) in [4.78, 5) is 15.1. The van der Waals surface area contributed by atoms with E-state index in [1.165, 1.54) is 0 Å². The van der Waals surface area contributed by atoms with Crippen molar-refractivity contribution in [2.24, 2.45) is 0 Å². The Balaban J connectivity index is 3.77. The molecule has 0 fully saturated rings. The van der Waals surface area contributed by atoms with Crippen LogP contribution in [0.15, 0.2) is 0 Å². The van der Waals surface area contributed by atoms with Crippen molar-refractivity contribution in [1.82, 2.24) is 9.80 Å². The van der Waals surface area contributed by atoms with Crippen molar-refractivity contribution >= 4 is 5.91 Å². The van der Waals surface area contributed by atoms with Crippen LogP contribution in [0.3, 0.4) is 0 Å². The van der Waals surface area contributed by atoms with Crippen LogP contribution in [0.25, 0.3) is 0 Å². The molecule has 3 nitrogen and oxygen atoms in total. The van der Waals surface area contributed by atoms with Gasteiger partial charge in [0.15, 0.2) is 0 Å². The smallest absolute Gasteiger partial charge is 0.236 e. The number of carbonyl (C=O) groups excluding carboxylic acids is 1. The number of hydrogen-bond donors (Lipinski definition) is 0. The second-order valence-electron chi connectivity index (χ2n) is 3.16. The van der Waals surface area contributed by atoms with Crippen LogP contribution in [-0.4, -0.2) is 49.4 Å². The number of amides is 1. The van der Waals surface area contributed by atoms with E-state index in [2.05, 4.69) is 18.7 Å². The third kappa shape index (κ3) is 4.34. The van der Waals surface area contributed by atoms with Crippen molar-refractivity contribution in [2.45, 2.75) is 20.3 Å². The van der Waals surface area contributed by atoms with Crippen LogP contribution in [0, 0.1) is 0 Å². The van der Waals surface area contributed by atoms with Crippen molar-refractivity contribution in [2.75, 3.05) is 33.7 Å². The molecular weight excluding hydrogens is 152 g/mol. The van der Waals surface area contributed by atoms with E-state index in [1.54, 1.807) is 19.0 Å². The number of rotatable bonds is 5. The molecule has 0 aromatic rings. The molecular formula is C9H20N2O. The van der Waals surface area contributed by atoms with E-state index in [9.17, 15) is 4.79 Å². The zero-order chi connectivity index (χ0) is 9.56. The Morgan fingerprint density at radius 3 is 2.17 bits per heavy atom. The van der Waals surface area contributed by atoms with Crippen LogP contribution < -0.4 is 0 Å². The Morgan fingerprint density at radius 2 is 1.83 bits per heavy atom. The van der Waals surface area contributed by atoms with E-state index in [1.807, 2.05) is 0 Å². The molecule has 12 heavy (non-hydrogen) atoms. The summed E-state index contributed by atoms with van der Waals surface area (Å²) < 4.78 is 0. The summed E-state index contributed by atoms with van der Waals surface area (Å²) in [6, 6.07) is 0. The lowest BCUT2D eigenvalue weighted by Crippen LogP contribution is -2.36. The van der Waals surface area contributed by atoms with Gasteiger partial charge in [-0.3, -0.25) is 9.69 Å². The van der Waals surface area contributed by atoms with Crippen LogP contribution in [-0.2, 0) is 4.79 Å². The molecule has 0 rings (SSSR count). The highest BCUT2D eigenvalue weighted by molar-refractivity contribution is 5.77. The van der Waals surface area contributed by atoms with E-state index in [-0.39, 0.29) is 5.91 Å². The zero-order valence-electron chi connectivity index (χ0n) is 8.63. The maximum absolute atomic E-state index is 11.3. The summed E-state index contributed by atoms with van der Waals surface area (Å²) in [5, 5.41) is 0. The fraction of sp³-hybridized carbons (Fsp3) is 0.889. The minimum atomic E-state index is 0.185. The third-order valence-electron chi connectivity index (χ3n) is 1.84. The lowest BCUT2D eigenvalue weighted by atomic mass is 10.4. The Morgan fingerprint density at radius 1 is 1.25 bits per heavy atom. The van der Waals surface area contributed by atoms with Crippen molar-refractivity contribution in [3.63, 3.8) is 0 Å². The standard InChI is InChI=1S/C9H20N2O/c1-5-7-11(6-2)8-9(12)10(3)4/h5-8H2,1-4H3. The summed E-state index contributed by atoms with van der Waals surface area (Å²) in [6.07, 6.45) is 1.11. The van der Waals surface area contributed by atoms with Crippen LogP contribution in [0.1, 0.15) is 20.3 Å². The molecule has 0 saturated carbocycles. The van der Waals surface area contributed by atoms with Gasteiger partial charge in [0.05, 0.1) is 6.54 Å². The van der Waals surface area contributed by atoms with E-state index in [0.29, 0.717) is 6.54 Å². The first-order chi connectivity index (χ1) is 5.61. The molecule has 0 atom stereocenters. The van der Waals surface area contributed by atoms with Crippen LogP contribution in [0.4, 0.5) is 0 Å². The van der Waals surface area contributed by atoms with Gasteiger partial charge in [0.25, 0.3) is 0 Å². The zero-order valence-corrected chi connectivity index (χ0v) is 8.63. The topological polar surface area (TPSA) is 23.6 Å². The van der Waals surface area contributed by atoms with E-state index < -0.39 is 0 Å². The van der Waals surface area contributed by atoms with Gasteiger partial charge >= 0.3 is 0 Å². The molecule has 0 aliphatic heterocycles. The van der Waals surface area contributed by atoms with Gasteiger partial charge in [-0.1, -0.05) is 13.8 Å². The second kappa shape index (κ2) is 6.00. The molecule has 0 saturated heterocycles. The number of hydrogen-bond acceptors (Lipinski definition) is 2. The van der Waals surface area contributed by atoms with Crippen molar-refractivity contribution in [1.29, 1.82) is 0 Å². The van der Waals surface area contributed by atoms with Gasteiger partial charge in [0, 0.05) is 14.1 Å². The fourth-order valence-corrected chi connectivity index (χ4v) is 0.998. The molecule has 0 bridgehead atoms. The van der Waals surface area contributed by atoms with Crippen LogP contribution in [0.2, 0.25) is 0 Å². The van der Waals surface area contributed by atoms with Gasteiger partial charge in [0.1, 0.15) is 0 Å². The predicted molar refractivity (Wildman–Crippen MR) is 51.1 cm³/mol. The molecule has 72 valence electrons. The molecule has 0 aromatic carbocycles. The molecule has 0 radical (unpaired) electrons. The summed E-state index contributed by atoms with van der Waals surface area (Å²) in [6.45, 7) is 6.72. The maximum atomic E-state index is 11.3. The highest BCUT2D eigenvalue weighted by Gasteiger charge is 2.08. The van der Waals surface area contributed by atoms with Gasteiger partial charge < -0.3 is 4.90 Å². The van der Waals surface area contributed by atoms with E-state index in [4.69, 9.17) is 0 Å². The molecule has 0 aliphatic carbocycles. The Kier molecular flexibility index (Phi) is 5.72. The maximum Gasteiger partial charge on any atom is 0.236 e. The van der Waals surface area contributed by atoms with Crippen molar-refractivity contribution < 1.29 is 4.79 Å². The minimum Gasteiger partial charge on any atom is -0.348 e. The highest BCUT2D eigenvalue weighted by atomic mass is 16.2. The summed E-state index contributed by atoms with van der Waals surface area (Å²) >= 11 is 0. The van der Waals surface area contributed by atoms with E-state index in [0.717, 1.165) is 19.5 Å². The van der Waals surface area contributed by atoms with Crippen LogP contribution >= 0.6 is 0 Å². The molecule has 3 heteroatoms. The molecule has 0 N–H and O–H groups in total. The Bertz CT molecular complexity index is 134. The first kappa shape index (κ1) is 11.4. The Labute approximate surface area is 75.3 Å². The first-order valence-electron chi connectivity index (χ1n) is 4.54. The average Bonchev–Trinajstić information content (AvgIpc) is 2.03. The Hall–Kier alpha value is -0.570. The van der Waals surface area contributed by atoms with Gasteiger partial charge in [-0.15, -0.1) is 0 Å². The van der Waals surface area contributed by atoms with Gasteiger partial charge in [-0.25, -0.2) is 0 Å². The molecule has 0 unspecified atom stereocenters. The van der Waals surface area contributed by atoms with Crippen molar-refractivity contribution in [3.05, 3.63) is 0 Å². The predicted octanol–water partition coefficient (Wildman–Crippen LogP) is 0.806. The first-order valence-corrected chi connectivity index (χ1v) is 4.54. The van der Waals surface area contributed by atoms with Crippen LogP contribution in [0.5, 0.6) is 0 Å². The fourth-order valence-electron chi connectivity index (χ4n) is 0.998. The van der Waals surface area contributed by atoms with Gasteiger partial charge in [0.2, 0.25) is 5.91 Å². The highest BCUT2D eigenvalue weighted by Crippen LogP contribution is 1.92. The van der Waals surface area contributed by atoms with Crippen molar-refractivity contribution in [3.8, 4) is 0 Å². The molecule has 0 aliphatic rings. The average molecular weight is 172 g/mol. The third-order valence-corrected chi connectivity index (χ3v) is 1.84. The second-order valence-corrected chi connectivity index (χ2v) is 3.16. The molecule has 0 spiro atoms. The normalized spacial score (nSPS) is 10.4. The minimum absolute atomic E-state index is 0.185. The largest absolute Gasteiger partial charge is 0.348 e. The van der Waals surface area contributed by atoms with E-state index >= 15 is 0 Å². The lowest BCUT2D eigenvalue weighted by molar-refractivity contribution is -0.129. The molecule has 0 heterocycles. The SMILES string of the molecule is CCCN(CC)CC(=O)N(C)C.